The predicted octanol–water partition coefficient (Wildman–Crippen LogP) is 4.62. The number of Topliss-reactive ketones (excluding diaryl/α,β-unsaturated/α-hetero) is 1. The Balaban J connectivity index is 2.12. The highest BCUT2D eigenvalue weighted by molar-refractivity contribution is 6.42. The van der Waals surface area contributed by atoms with Gasteiger partial charge in [0.15, 0.2) is 5.78 Å². The van der Waals surface area contributed by atoms with Crippen LogP contribution in [0.25, 0.3) is 0 Å². The van der Waals surface area contributed by atoms with Gasteiger partial charge in [-0.2, -0.15) is 0 Å². The molecule has 132 valence electrons. The molecule has 0 aliphatic heterocycles. The third-order valence-electron chi connectivity index (χ3n) is 3.86. The van der Waals surface area contributed by atoms with Crippen molar-refractivity contribution in [2.75, 3.05) is 7.11 Å². The molecular formula is C19H19Cl2NO3. The quantitative estimate of drug-likeness (QED) is 0.744. The Bertz CT molecular complexity index is 805. The maximum atomic E-state index is 12.4. The Morgan fingerprint density at radius 3 is 2.44 bits per heavy atom. The molecular weight excluding hydrogens is 361 g/mol. The van der Waals surface area contributed by atoms with Gasteiger partial charge in [-0.1, -0.05) is 29.3 Å². The lowest BCUT2D eigenvalue weighted by molar-refractivity contribution is -0.121. The minimum absolute atomic E-state index is 0.0616. The molecule has 0 aromatic heterocycles. The number of hydrogen-bond donors (Lipinski definition) is 1. The van der Waals surface area contributed by atoms with Crippen molar-refractivity contribution < 1.29 is 14.3 Å². The van der Waals surface area contributed by atoms with Crippen LogP contribution in [-0.4, -0.2) is 18.8 Å². The Morgan fingerprint density at radius 1 is 1.12 bits per heavy atom. The van der Waals surface area contributed by atoms with Gasteiger partial charge in [0.2, 0.25) is 5.91 Å². The van der Waals surface area contributed by atoms with E-state index in [1.165, 1.54) is 14.0 Å². The minimum atomic E-state index is -0.232. The summed E-state index contributed by atoms with van der Waals surface area (Å²) in [6, 6.07) is 10.1. The highest BCUT2D eigenvalue weighted by atomic mass is 35.5. The van der Waals surface area contributed by atoms with E-state index in [1.54, 1.807) is 30.3 Å². The van der Waals surface area contributed by atoms with Crippen molar-refractivity contribution in [3.05, 3.63) is 63.1 Å². The predicted molar refractivity (Wildman–Crippen MR) is 99.7 cm³/mol. The molecule has 2 aromatic carbocycles. The average molecular weight is 380 g/mol. The number of halogens is 2. The molecule has 0 spiro atoms. The third-order valence-corrected chi connectivity index (χ3v) is 4.60. The standard InChI is InChI=1S/C19H19Cl2NO3/c1-11(13-4-6-16(20)17(21)9-13)22-19(24)10-15-8-14(12(2)23)5-7-18(15)25-3/h4-9,11H,10H2,1-3H3,(H,22,24). The molecule has 0 radical (unpaired) electrons. The van der Waals surface area contributed by atoms with Crippen molar-refractivity contribution in [2.45, 2.75) is 26.3 Å². The summed E-state index contributed by atoms with van der Waals surface area (Å²) in [5, 5.41) is 3.82. The van der Waals surface area contributed by atoms with Crippen LogP contribution in [0.5, 0.6) is 5.75 Å². The fourth-order valence-corrected chi connectivity index (χ4v) is 2.77. The largest absolute Gasteiger partial charge is 0.496 e. The van der Waals surface area contributed by atoms with Gasteiger partial charge in [0.05, 0.1) is 29.6 Å². The first-order valence-corrected chi connectivity index (χ1v) is 8.49. The lowest BCUT2D eigenvalue weighted by atomic mass is 10.0. The van der Waals surface area contributed by atoms with Crippen molar-refractivity contribution in [2.24, 2.45) is 0 Å². The fourth-order valence-electron chi connectivity index (χ4n) is 2.47. The molecule has 0 saturated heterocycles. The van der Waals surface area contributed by atoms with Gasteiger partial charge in [-0.05, 0) is 49.7 Å². The maximum absolute atomic E-state index is 12.4. The summed E-state index contributed by atoms with van der Waals surface area (Å²) in [4.78, 5) is 23.9. The number of carbonyl (C=O) groups is 2. The summed E-state index contributed by atoms with van der Waals surface area (Å²) in [7, 11) is 1.53. The van der Waals surface area contributed by atoms with E-state index in [-0.39, 0.29) is 24.2 Å². The van der Waals surface area contributed by atoms with Gasteiger partial charge in [0.1, 0.15) is 5.75 Å². The number of ketones is 1. The van der Waals surface area contributed by atoms with E-state index in [2.05, 4.69) is 5.32 Å². The summed E-state index contributed by atoms with van der Waals surface area (Å²) in [5.74, 6) is 0.327. The van der Waals surface area contributed by atoms with Gasteiger partial charge in [0, 0.05) is 11.1 Å². The van der Waals surface area contributed by atoms with Crippen LogP contribution in [0, 0.1) is 0 Å². The van der Waals surface area contributed by atoms with E-state index in [0.717, 1.165) is 5.56 Å². The molecule has 1 amide bonds. The van der Waals surface area contributed by atoms with Crippen molar-refractivity contribution in [1.82, 2.24) is 5.32 Å². The zero-order chi connectivity index (χ0) is 18.6. The van der Waals surface area contributed by atoms with Crippen LogP contribution >= 0.6 is 23.2 Å². The normalized spacial score (nSPS) is 11.7. The number of carbonyl (C=O) groups excluding carboxylic acids is 2. The highest BCUT2D eigenvalue weighted by Gasteiger charge is 2.15. The number of hydrogen-bond acceptors (Lipinski definition) is 3. The van der Waals surface area contributed by atoms with Gasteiger partial charge >= 0.3 is 0 Å². The number of amides is 1. The van der Waals surface area contributed by atoms with Crippen molar-refractivity contribution >= 4 is 34.9 Å². The summed E-state index contributed by atoms with van der Waals surface area (Å²) in [6.45, 7) is 3.35. The minimum Gasteiger partial charge on any atom is -0.496 e. The Labute approximate surface area is 157 Å². The second kappa shape index (κ2) is 8.37. The number of methoxy groups -OCH3 is 1. The molecule has 1 N–H and O–H groups in total. The van der Waals surface area contributed by atoms with Crippen LogP contribution in [-0.2, 0) is 11.2 Å². The van der Waals surface area contributed by atoms with Gasteiger partial charge in [-0.3, -0.25) is 9.59 Å². The first kappa shape index (κ1) is 19.3. The van der Waals surface area contributed by atoms with Crippen LogP contribution < -0.4 is 10.1 Å². The summed E-state index contributed by atoms with van der Waals surface area (Å²) < 4.78 is 5.28. The van der Waals surface area contributed by atoms with Gasteiger partial charge < -0.3 is 10.1 Å². The number of ether oxygens (including phenoxy) is 1. The topological polar surface area (TPSA) is 55.4 Å². The van der Waals surface area contributed by atoms with Gasteiger partial charge in [-0.25, -0.2) is 0 Å². The van der Waals surface area contributed by atoms with Gasteiger partial charge in [0.25, 0.3) is 0 Å². The third kappa shape index (κ3) is 4.97. The van der Waals surface area contributed by atoms with E-state index >= 15 is 0 Å². The second-order valence-electron chi connectivity index (χ2n) is 5.72. The second-order valence-corrected chi connectivity index (χ2v) is 6.54. The molecule has 1 unspecified atom stereocenters. The molecule has 0 fully saturated rings. The van der Waals surface area contributed by atoms with Crippen LogP contribution in [0.1, 0.15) is 41.4 Å². The molecule has 2 aromatic rings. The lowest BCUT2D eigenvalue weighted by Gasteiger charge is -2.16. The molecule has 4 nitrogen and oxygen atoms in total. The average Bonchev–Trinajstić information content (AvgIpc) is 2.56. The van der Waals surface area contributed by atoms with Crippen LogP contribution in [0.2, 0.25) is 10.0 Å². The van der Waals surface area contributed by atoms with E-state index in [0.29, 0.717) is 26.9 Å². The summed E-state index contributed by atoms with van der Waals surface area (Å²) >= 11 is 11.9. The summed E-state index contributed by atoms with van der Waals surface area (Å²) in [5.41, 5.74) is 2.06. The van der Waals surface area contributed by atoms with Crippen LogP contribution in [0.4, 0.5) is 0 Å². The first-order chi connectivity index (χ1) is 11.8. The van der Waals surface area contributed by atoms with Crippen molar-refractivity contribution in [3.8, 4) is 5.75 Å². The molecule has 0 heterocycles. The van der Waals surface area contributed by atoms with E-state index < -0.39 is 0 Å². The number of rotatable bonds is 6. The number of nitrogens with one attached hydrogen (secondary N) is 1. The molecule has 0 bridgehead atoms. The van der Waals surface area contributed by atoms with Crippen molar-refractivity contribution in [1.29, 1.82) is 0 Å². The zero-order valence-electron chi connectivity index (χ0n) is 14.2. The molecule has 6 heteroatoms. The fraction of sp³-hybridized carbons (Fsp3) is 0.263. The Morgan fingerprint density at radius 2 is 1.84 bits per heavy atom. The Kier molecular flexibility index (Phi) is 6.45. The lowest BCUT2D eigenvalue weighted by Crippen LogP contribution is -2.28. The monoisotopic (exact) mass is 379 g/mol. The maximum Gasteiger partial charge on any atom is 0.225 e. The highest BCUT2D eigenvalue weighted by Crippen LogP contribution is 2.26. The summed E-state index contributed by atoms with van der Waals surface area (Å²) in [6.07, 6.45) is 0.107. The van der Waals surface area contributed by atoms with Crippen LogP contribution in [0.15, 0.2) is 36.4 Å². The van der Waals surface area contributed by atoms with E-state index in [9.17, 15) is 9.59 Å². The zero-order valence-corrected chi connectivity index (χ0v) is 15.7. The van der Waals surface area contributed by atoms with Crippen molar-refractivity contribution in [3.63, 3.8) is 0 Å². The molecule has 0 aliphatic rings. The molecule has 0 aliphatic carbocycles. The molecule has 0 saturated carbocycles. The van der Waals surface area contributed by atoms with Gasteiger partial charge in [-0.15, -0.1) is 0 Å². The SMILES string of the molecule is COc1ccc(C(C)=O)cc1CC(=O)NC(C)c1ccc(Cl)c(Cl)c1. The van der Waals surface area contributed by atoms with E-state index in [4.69, 9.17) is 27.9 Å². The van der Waals surface area contributed by atoms with E-state index in [1.807, 2.05) is 13.0 Å². The first-order valence-electron chi connectivity index (χ1n) is 7.74. The number of benzene rings is 2. The molecule has 2 rings (SSSR count). The molecule has 1 atom stereocenters. The smallest absolute Gasteiger partial charge is 0.225 e. The molecule has 25 heavy (non-hydrogen) atoms. The Hall–Kier alpha value is -2.04. The van der Waals surface area contributed by atoms with Crippen LogP contribution in [0.3, 0.4) is 0 Å².